The third-order valence-corrected chi connectivity index (χ3v) is 6.87. The molecule has 0 atom stereocenters. The predicted octanol–water partition coefficient (Wildman–Crippen LogP) is 1.70. The van der Waals surface area contributed by atoms with Gasteiger partial charge in [-0.2, -0.15) is 0 Å². The predicted molar refractivity (Wildman–Crippen MR) is 102 cm³/mol. The van der Waals surface area contributed by atoms with Crippen molar-refractivity contribution in [2.45, 2.75) is 4.90 Å². The van der Waals surface area contributed by atoms with E-state index in [-0.39, 0.29) is 33.0 Å². The van der Waals surface area contributed by atoms with Crippen molar-refractivity contribution in [3.8, 4) is 0 Å². The van der Waals surface area contributed by atoms with Gasteiger partial charge in [0.05, 0.1) is 17.0 Å². The van der Waals surface area contributed by atoms with Crippen molar-refractivity contribution in [3.63, 3.8) is 0 Å². The van der Waals surface area contributed by atoms with Gasteiger partial charge in [-0.15, -0.1) is 6.58 Å². The quantitative estimate of drug-likeness (QED) is 0.737. The van der Waals surface area contributed by atoms with Crippen LogP contribution in [0.25, 0.3) is 10.5 Å². The lowest BCUT2D eigenvalue weighted by molar-refractivity contribution is -0.119. The fourth-order valence-corrected chi connectivity index (χ4v) is 5.07. The molecule has 2 aromatic carbocycles. The van der Waals surface area contributed by atoms with E-state index in [1.165, 1.54) is 42.5 Å². The molecule has 0 saturated carbocycles. The van der Waals surface area contributed by atoms with E-state index in [0.29, 0.717) is 4.31 Å². The third kappa shape index (κ3) is 3.37. The number of carbonyl (C=O) groups excluding carboxylic acids is 1. The number of nitrogens with two attached hydrogens (primary N) is 1. The molecule has 7 nitrogen and oxygen atoms in total. The highest BCUT2D eigenvalue weighted by molar-refractivity contribution is 8.00. The highest BCUT2D eigenvalue weighted by Gasteiger charge is 2.44. The van der Waals surface area contributed by atoms with Crippen molar-refractivity contribution in [1.29, 1.82) is 0 Å². The largest absolute Gasteiger partial charge is 0.269 e. The zero-order chi connectivity index (χ0) is 20.7. The summed E-state index contributed by atoms with van der Waals surface area (Å²) in [5.74, 6) is -1.35. The Morgan fingerprint density at radius 3 is 2.07 bits per heavy atom. The average molecular weight is 422 g/mol. The van der Waals surface area contributed by atoms with Crippen molar-refractivity contribution >= 4 is 36.4 Å². The van der Waals surface area contributed by atoms with Crippen LogP contribution in [0, 0.1) is 5.82 Å². The number of primary sulfonamides is 1. The zero-order valence-electron chi connectivity index (χ0n) is 14.4. The van der Waals surface area contributed by atoms with Crippen LogP contribution >= 0.6 is 0 Å². The number of rotatable bonds is 5. The molecule has 0 aliphatic carbocycles. The zero-order valence-corrected chi connectivity index (χ0v) is 16.0. The van der Waals surface area contributed by atoms with Crippen molar-refractivity contribution in [2.24, 2.45) is 5.14 Å². The number of halogens is 1. The van der Waals surface area contributed by atoms with Crippen LogP contribution in [-0.4, -0.2) is 33.6 Å². The number of benzene rings is 2. The van der Waals surface area contributed by atoms with Gasteiger partial charge in [0, 0.05) is 0 Å². The van der Waals surface area contributed by atoms with E-state index in [1.54, 1.807) is 0 Å². The molecule has 0 spiro atoms. The summed E-state index contributed by atoms with van der Waals surface area (Å²) in [5.41, 5.74) is 0.174. The van der Waals surface area contributed by atoms with Crippen molar-refractivity contribution in [3.05, 3.63) is 78.1 Å². The summed E-state index contributed by atoms with van der Waals surface area (Å²) in [6.07, 6.45) is 1.27. The summed E-state index contributed by atoms with van der Waals surface area (Å²) < 4.78 is 62.8. The van der Waals surface area contributed by atoms with Gasteiger partial charge in [-0.05, 0) is 35.4 Å². The van der Waals surface area contributed by atoms with Crippen molar-refractivity contribution in [1.82, 2.24) is 4.31 Å². The number of hydrogen-bond acceptors (Lipinski definition) is 5. The van der Waals surface area contributed by atoms with E-state index in [0.717, 1.165) is 12.1 Å². The molecule has 0 fully saturated rings. The first-order valence-corrected chi connectivity index (χ1v) is 10.9. The molecule has 3 rings (SSSR count). The molecule has 0 unspecified atom stereocenters. The Labute approximate surface area is 161 Å². The fraction of sp³-hybridized carbons (Fsp3) is 0.0556. The van der Waals surface area contributed by atoms with Crippen molar-refractivity contribution in [2.75, 3.05) is 6.54 Å². The standard InChI is InChI=1S/C18H15FN2O5S2/c1-2-11-21-18(22)16(12-5-9-15(10-6-12)27(20,23)24)17(28(21,25)26)13-3-7-14(19)8-4-13/h2-10H,1,11H2,(H2,20,23,24). The second-order valence-corrected chi connectivity index (χ2v) is 9.27. The van der Waals surface area contributed by atoms with Crippen LogP contribution in [0.2, 0.25) is 0 Å². The Morgan fingerprint density at radius 1 is 1.04 bits per heavy atom. The molecule has 146 valence electrons. The Hall–Kier alpha value is -2.82. The number of sulfonamides is 2. The number of nitrogens with zero attached hydrogens (tertiary/aromatic N) is 1. The molecule has 1 amide bonds. The van der Waals surface area contributed by atoms with E-state index < -0.39 is 31.8 Å². The van der Waals surface area contributed by atoms with E-state index in [4.69, 9.17) is 5.14 Å². The summed E-state index contributed by atoms with van der Waals surface area (Å²) in [5, 5.41) is 5.07. The molecule has 2 aromatic rings. The fourth-order valence-electron chi connectivity index (χ4n) is 2.83. The van der Waals surface area contributed by atoms with Gasteiger partial charge in [-0.25, -0.2) is 30.7 Å². The number of amides is 1. The molecule has 0 radical (unpaired) electrons. The minimum atomic E-state index is -4.21. The topological polar surface area (TPSA) is 115 Å². The van der Waals surface area contributed by atoms with Crippen LogP contribution in [-0.2, 0) is 24.8 Å². The second-order valence-electron chi connectivity index (χ2n) is 5.91. The first kappa shape index (κ1) is 19.9. The van der Waals surface area contributed by atoms with Crippen LogP contribution < -0.4 is 5.14 Å². The monoisotopic (exact) mass is 422 g/mol. The van der Waals surface area contributed by atoms with Crippen LogP contribution in [0.15, 0.2) is 66.1 Å². The SMILES string of the molecule is C=CCN1C(=O)C(c2ccc(S(N)(=O)=O)cc2)=C(c2ccc(F)cc2)S1(=O)=O. The van der Waals surface area contributed by atoms with Crippen molar-refractivity contribution < 1.29 is 26.0 Å². The van der Waals surface area contributed by atoms with Gasteiger partial charge in [0.15, 0.2) is 0 Å². The molecule has 0 aromatic heterocycles. The van der Waals surface area contributed by atoms with Gasteiger partial charge in [0.2, 0.25) is 10.0 Å². The van der Waals surface area contributed by atoms with Gasteiger partial charge in [0.1, 0.15) is 10.7 Å². The van der Waals surface area contributed by atoms with Crippen LogP contribution in [0.4, 0.5) is 4.39 Å². The highest BCUT2D eigenvalue weighted by Crippen LogP contribution is 2.40. The summed E-state index contributed by atoms with van der Waals surface area (Å²) in [6.45, 7) is 3.22. The third-order valence-electron chi connectivity index (χ3n) is 4.09. The highest BCUT2D eigenvalue weighted by atomic mass is 32.2. The maximum Gasteiger partial charge on any atom is 0.269 e. The van der Waals surface area contributed by atoms with Gasteiger partial charge in [0.25, 0.3) is 15.9 Å². The van der Waals surface area contributed by atoms with Gasteiger partial charge < -0.3 is 0 Å². The maximum atomic E-state index is 13.3. The number of hydrogen-bond donors (Lipinski definition) is 1. The normalized spacial score (nSPS) is 16.5. The molecule has 2 N–H and O–H groups in total. The van der Waals surface area contributed by atoms with Gasteiger partial charge >= 0.3 is 0 Å². The lowest BCUT2D eigenvalue weighted by Crippen LogP contribution is -2.31. The Morgan fingerprint density at radius 2 is 1.57 bits per heavy atom. The maximum absolute atomic E-state index is 13.3. The molecule has 1 aliphatic rings. The molecule has 0 saturated heterocycles. The first-order chi connectivity index (χ1) is 13.1. The molecule has 0 bridgehead atoms. The smallest absolute Gasteiger partial charge is 0.268 e. The molecular weight excluding hydrogens is 407 g/mol. The number of carbonyl (C=O) groups is 1. The molecule has 10 heteroatoms. The van der Waals surface area contributed by atoms with Crippen LogP contribution in [0.1, 0.15) is 11.1 Å². The van der Waals surface area contributed by atoms with E-state index in [1.807, 2.05) is 0 Å². The Bertz CT molecular complexity index is 1200. The van der Waals surface area contributed by atoms with E-state index in [2.05, 4.69) is 6.58 Å². The molecule has 1 aliphatic heterocycles. The Balaban J connectivity index is 2.28. The first-order valence-electron chi connectivity index (χ1n) is 7.89. The minimum Gasteiger partial charge on any atom is -0.268 e. The summed E-state index contributed by atoms with van der Waals surface area (Å²) in [4.78, 5) is 12.4. The molecule has 28 heavy (non-hydrogen) atoms. The molecule has 1 heterocycles. The summed E-state index contributed by atoms with van der Waals surface area (Å²) >= 11 is 0. The summed E-state index contributed by atoms with van der Waals surface area (Å²) in [7, 11) is -8.17. The Kier molecular flexibility index (Phi) is 4.96. The van der Waals surface area contributed by atoms with Crippen LogP contribution in [0.3, 0.4) is 0 Å². The average Bonchev–Trinajstić information content (AvgIpc) is 2.82. The summed E-state index contributed by atoms with van der Waals surface area (Å²) in [6, 6.07) is 9.62. The second kappa shape index (κ2) is 6.97. The lowest BCUT2D eigenvalue weighted by atomic mass is 10.0. The lowest BCUT2D eigenvalue weighted by Gasteiger charge is -2.14. The van der Waals surface area contributed by atoms with Gasteiger partial charge in [-0.1, -0.05) is 30.3 Å². The van der Waals surface area contributed by atoms with Gasteiger partial charge in [-0.3, -0.25) is 4.79 Å². The minimum absolute atomic E-state index is 0.131. The van der Waals surface area contributed by atoms with Crippen LogP contribution in [0.5, 0.6) is 0 Å². The molecular formula is C18H15FN2O5S2. The van der Waals surface area contributed by atoms with E-state index >= 15 is 0 Å². The van der Waals surface area contributed by atoms with E-state index in [9.17, 15) is 26.0 Å².